The molecule has 0 atom stereocenters. The summed E-state index contributed by atoms with van der Waals surface area (Å²) in [5.41, 5.74) is -0.173. The van der Waals surface area contributed by atoms with Crippen LogP contribution in [0.3, 0.4) is 0 Å². The highest BCUT2D eigenvalue weighted by Crippen LogP contribution is 2.31. The molecule has 8 nitrogen and oxygen atoms in total. The predicted molar refractivity (Wildman–Crippen MR) is 125 cm³/mol. The first-order valence-electron chi connectivity index (χ1n) is 10.4. The average Bonchev–Trinajstić information content (AvgIpc) is 3.12. The van der Waals surface area contributed by atoms with E-state index in [0.29, 0.717) is 28.4 Å². The van der Waals surface area contributed by atoms with E-state index in [-0.39, 0.29) is 35.4 Å². The van der Waals surface area contributed by atoms with Gasteiger partial charge < -0.3 is 14.8 Å². The number of nitrogens with one attached hydrogen (secondary N) is 1. The monoisotopic (exact) mass is 457 g/mol. The van der Waals surface area contributed by atoms with E-state index in [1.165, 1.54) is 11.3 Å². The van der Waals surface area contributed by atoms with Crippen molar-refractivity contribution >= 4 is 39.0 Å². The molecular formula is C23H27N3O5S. The maximum absolute atomic E-state index is 13.4. The lowest BCUT2D eigenvalue weighted by atomic mass is 9.92. The molecule has 2 aromatic heterocycles. The molecule has 0 radical (unpaired) electrons. The first-order valence-corrected chi connectivity index (χ1v) is 11.3. The molecule has 9 heteroatoms. The quantitative estimate of drug-likeness (QED) is 0.528. The van der Waals surface area contributed by atoms with Crippen LogP contribution in [0, 0.1) is 5.41 Å². The number of carbonyl (C=O) groups excluding carboxylic acids is 2. The summed E-state index contributed by atoms with van der Waals surface area (Å²) < 4.78 is 11.8. The fourth-order valence-electron chi connectivity index (χ4n) is 3.17. The zero-order valence-corrected chi connectivity index (χ0v) is 19.7. The van der Waals surface area contributed by atoms with Crippen LogP contribution in [0.4, 0.5) is 5.00 Å². The number of amides is 1. The SMILES string of the molecule is CCOC(=O)c1nn(-c2ccc(OCC)cc2)c(=O)c2c(NC(=O)CC(C)(C)C)scc12. The maximum Gasteiger partial charge on any atom is 0.359 e. The summed E-state index contributed by atoms with van der Waals surface area (Å²) in [6, 6.07) is 6.82. The second-order valence-corrected chi connectivity index (χ2v) is 9.23. The Balaban J connectivity index is 2.15. The van der Waals surface area contributed by atoms with Crippen molar-refractivity contribution in [1.82, 2.24) is 9.78 Å². The molecule has 0 bridgehead atoms. The highest BCUT2D eigenvalue weighted by Gasteiger charge is 2.24. The number of benzene rings is 1. The summed E-state index contributed by atoms with van der Waals surface area (Å²) in [4.78, 5) is 38.5. The van der Waals surface area contributed by atoms with Crippen LogP contribution in [-0.4, -0.2) is 34.9 Å². The van der Waals surface area contributed by atoms with Gasteiger partial charge in [-0.15, -0.1) is 11.3 Å². The van der Waals surface area contributed by atoms with Crippen LogP contribution in [-0.2, 0) is 9.53 Å². The number of rotatable bonds is 7. The second-order valence-electron chi connectivity index (χ2n) is 8.35. The Hall–Kier alpha value is -3.20. The highest BCUT2D eigenvalue weighted by molar-refractivity contribution is 7.16. The minimum Gasteiger partial charge on any atom is -0.494 e. The van der Waals surface area contributed by atoms with Gasteiger partial charge in [-0.3, -0.25) is 9.59 Å². The minimum atomic E-state index is -0.637. The van der Waals surface area contributed by atoms with Crippen molar-refractivity contribution in [3.8, 4) is 11.4 Å². The van der Waals surface area contributed by atoms with Gasteiger partial charge in [0, 0.05) is 17.2 Å². The summed E-state index contributed by atoms with van der Waals surface area (Å²) in [7, 11) is 0. The molecule has 3 aromatic rings. The number of nitrogens with zero attached hydrogens (tertiary/aromatic N) is 2. The van der Waals surface area contributed by atoms with Crippen LogP contribution < -0.4 is 15.6 Å². The average molecular weight is 458 g/mol. The van der Waals surface area contributed by atoms with Crippen LogP contribution >= 0.6 is 11.3 Å². The molecule has 0 fully saturated rings. The molecule has 0 aliphatic rings. The molecule has 0 saturated heterocycles. The van der Waals surface area contributed by atoms with Crippen molar-refractivity contribution < 1.29 is 19.1 Å². The van der Waals surface area contributed by atoms with Crippen molar-refractivity contribution in [2.45, 2.75) is 41.0 Å². The number of carbonyl (C=O) groups is 2. The van der Waals surface area contributed by atoms with E-state index in [1.54, 1.807) is 36.6 Å². The molecule has 0 aliphatic carbocycles. The first-order chi connectivity index (χ1) is 15.1. The summed E-state index contributed by atoms with van der Waals surface area (Å²) in [5.74, 6) is -0.188. The first kappa shape index (κ1) is 23.5. The van der Waals surface area contributed by atoms with E-state index < -0.39 is 11.5 Å². The topological polar surface area (TPSA) is 99.5 Å². The van der Waals surface area contributed by atoms with E-state index in [4.69, 9.17) is 9.47 Å². The fourth-order valence-corrected chi connectivity index (χ4v) is 4.12. The number of aromatic nitrogens is 2. The lowest BCUT2D eigenvalue weighted by Gasteiger charge is -2.17. The molecule has 1 amide bonds. The number of esters is 1. The molecule has 32 heavy (non-hydrogen) atoms. The number of anilines is 1. The molecule has 0 unspecified atom stereocenters. The lowest BCUT2D eigenvalue weighted by Crippen LogP contribution is -2.26. The Morgan fingerprint density at radius 2 is 1.81 bits per heavy atom. The minimum absolute atomic E-state index is 0.0166. The number of hydrogen-bond acceptors (Lipinski definition) is 7. The van der Waals surface area contributed by atoms with Gasteiger partial charge in [0.25, 0.3) is 5.56 Å². The van der Waals surface area contributed by atoms with Gasteiger partial charge >= 0.3 is 5.97 Å². The van der Waals surface area contributed by atoms with Crippen molar-refractivity contribution in [1.29, 1.82) is 0 Å². The molecule has 0 saturated carbocycles. The Morgan fingerprint density at radius 3 is 2.41 bits per heavy atom. The normalized spacial score (nSPS) is 11.4. The molecule has 3 rings (SSSR count). The summed E-state index contributed by atoms with van der Waals surface area (Å²) in [5, 5.41) is 9.74. The molecule has 170 valence electrons. The molecule has 0 spiro atoms. The summed E-state index contributed by atoms with van der Waals surface area (Å²) >= 11 is 1.18. The van der Waals surface area contributed by atoms with E-state index in [2.05, 4.69) is 10.4 Å². The maximum atomic E-state index is 13.4. The van der Waals surface area contributed by atoms with Crippen molar-refractivity contribution in [2.75, 3.05) is 18.5 Å². The summed E-state index contributed by atoms with van der Waals surface area (Å²) in [6.07, 6.45) is 0.287. The van der Waals surface area contributed by atoms with Gasteiger partial charge in [0.15, 0.2) is 5.69 Å². The van der Waals surface area contributed by atoms with Gasteiger partial charge in [-0.25, -0.2) is 4.79 Å². The third kappa shape index (κ3) is 5.16. The van der Waals surface area contributed by atoms with Gasteiger partial charge in [-0.05, 0) is 43.5 Å². The number of fused-ring (bicyclic) bond motifs is 1. The van der Waals surface area contributed by atoms with Crippen molar-refractivity contribution in [3.05, 3.63) is 45.7 Å². The lowest BCUT2D eigenvalue weighted by molar-refractivity contribution is -0.117. The Bertz CT molecular complexity index is 1190. The van der Waals surface area contributed by atoms with E-state index >= 15 is 0 Å². The van der Waals surface area contributed by atoms with Gasteiger partial charge in [0.05, 0.1) is 24.3 Å². The molecular weight excluding hydrogens is 430 g/mol. The van der Waals surface area contributed by atoms with Crippen LogP contribution in [0.15, 0.2) is 34.4 Å². The van der Waals surface area contributed by atoms with Crippen LogP contribution in [0.1, 0.15) is 51.5 Å². The second kappa shape index (κ2) is 9.52. The smallest absolute Gasteiger partial charge is 0.359 e. The summed E-state index contributed by atoms with van der Waals surface area (Å²) in [6.45, 7) is 10.1. The largest absolute Gasteiger partial charge is 0.494 e. The van der Waals surface area contributed by atoms with E-state index in [9.17, 15) is 14.4 Å². The van der Waals surface area contributed by atoms with Crippen LogP contribution in [0.2, 0.25) is 0 Å². The third-order valence-electron chi connectivity index (χ3n) is 4.46. The van der Waals surface area contributed by atoms with E-state index in [1.807, 2.05) is 27.7 Å². The van der Waals surface area contributed by atoms with E-state index in [0.717, 1.165) is 4.68 Å². The van der Waals surface area contributed by atoms with Gasteiger partial charge in [0.2, 0.25) is 5.91 Å². The molecule has 2 heterocycles. The molecule has 1 N–H and O–H groups in total. The Kier molecular flexibility index (Phi) is 6.98. The van der Waals surface area contributed by atoms with Crippen LogP contribution in [0.25, 0.3) is 16.5 Å². The predicted octanol–water partition coefficient (Wildman–Crippen LogP) is 4.40. The van der Waals surface area contributed by atoms with Crippen molar-refractivity contribution in [2.24, 2.45) is 5.41 Å². The standard InChI is InChI=1S/C23H27N3O5S/c1-6-30-15-10-8-14(9-11-15)26-21(28)18-16(19(25-26)22(29)31-7-2)13-32-20(18)24-17(27)12-23(3,4)5/h8-11,13H,6-7,12H2,1-5H3,(H,24,27). The molecule has 1 aromatic carbocycles. The number of thiophene rings is 1. The zero-order valence-electron chi connectivity index (χ0n) is 18.9. The number of hydrogen-bond donors (Lipinski definition) is 1. The van der Waals surface area contributed by atoms with Crippen LogP contribution in [0.5, 0.6) is 5.75 Å². The highest BCUT2D eigenvalue weighted by atomic mass is 32.1. The zero-order chi connectivity index (χ0) is 23.5. The third-order valence-corrected chi connectivity index (χ3v) is 5.35. The number of ether oxygens (including phenoxy) is 2. The van der Waals surface area contributed by atoms with Gasteiger partial charge in [-0.2, -0.15) is 9.78 Å². The van der Waals surface area contributed by atoms with Gasteiger partial charge in [-0.1, -0.05) is 20.8 Å². The Morgan fingerprint density at radius 1 is 1.12 bits per heavy atom. The fraction of sp³-hybridized carbons (Fsp3) is 0.391. The van der Waals surface area contributed by atoms with Gasteiger partial charge in [0.1, 0.15) is 10.8 Å². The molecule has 0 aliphatic heterocycles. The van der Waals surface area contributed by atoms with Crippen molar-refractivity contribution in [3.63, 3.8) is 0 Å². The Labute approximate surface area is 190 Å².